The van der Waals surface area contributed by atoms with Crippen LogP contribution in [-0.2, 0) is 22.9 Å². The summed E-state index contributed by atoms with van der Waals surface area (Å²) in [6.45, 7) is 10.6. The summed E-state index contributed by atoms with van der Waals surface area (Å²) in [7, 11) is -3.44. The molecule has 0 spiro atoms. The van der Waals surface area contributed by atoms with Gasteiger partial charge in [-0.2, -0.15) is 0 Å². The molecule has 0 saturated heterocycles. The minimum absolute atomic E-state index is 0.0126. The summed E-state index contributed by atoms with van der Waals surface area (Å²) in [6, 6.07) is 4.90. The largest absolute Gasteiger partial charge is 0.493 e. The Balaban J connectivity index is 2.35. The number of ether oxygens (including phenoxy) is 1. The molecule has 1 aromatic heterocycles. The molecule has 1 heterocycles. The molecular formula is C24H36N4O5S. The molecule has 188 valence electrons. The summed E-state index contributed by atoms with van der Waals surface area (Å²) in [5, 5.41) is 2.67. The molecule has 2 aromatic rings. The first-order valence-corrected chi connectivity index (χ1v) is 13.5. The third-order valence-corrected chi connectivity index (χ3v) is 7.52. The van der Waals surface area contributed by atoms with E-state index < -0.39 is 15.9 Å². The first-order chi connectivity index (χ1) is 16.2. The molecule has 0 aliphatic carbocycles. The van der Waals surface area contributed by atoms with Crippen molar-refractivity contribution in [3.63, 3.8) is 0 Å². The Bertz CT molecular complexity index is 1140. The average Bonchev–Trinajstić information content (AvgIpc) is 2.82. The standard InChI is InChI=1S/C24H36N4O5S/c1-6-14-33-21-12-11-17(23(29)25-13-15-34(31,32)28(9-4)10-5)16-19(21)22-26-20(8-3)18(7-2)24(30)27-22/h11-12,16H,6-10,13-15H2,1-5H3,(H,25,29)(H,26,27,30). The van der Waals surface area contributed by atoms with Gasteiger partial charge in [-0.3, -0.25) is 9.59 Å². The van der Waals surface area contributed by atoms with Crippen molar-refractivity contribution in [2.45, 2.75) is 53.9 Å². The Morgan fingerprint density at radius 2 is 1.82 bits per heavy atom. The number of carbonyl (C=O) groups is 1. The Morgan fingerprint density at radius 3 is 2.41 bits per heavy atom. The molecule has 1 aromatic carbocycles. The van der Waals surface area contributed by atoms with Gasteiger partial charge in [-0.15, -0.1) is 0 Å². The zero-order valence-corrected chi connectivity index (χ0v) is 21.5. The van der Waals surface area contributed by atoms with E-state index in [4.69, 9.17) is 4.74 Å². The predicted octanol–water partition coefficient (Wildman–Crippen LogP) is 2.75. The number of aromatic nitrogens is 2. The van der Waals surface area contributed by atoms with Crippen LogP contribution in [0.2, 0.25) is 0 Å². The number of nitrogens with zero attached hydrogens (tertiary/aromatic N) is 2. The number of aryl methyl sites for hydroxylation is 1. The molecule has 34 heavy (non-hydrogen) atoms. The number of benzene rings is 1. The van der Waals surface area contributed by atoms with E-state index in [0.717, 1.165) is 6.42 Å². The van der Waals surface area contributed by atoms with Crippen LogP contribution in [0.25, 0.3) is 11.4 Å². The Kier molecular flexibility index (Phi) is 10.2. The van der Waals surface area contributed by atoms with Gasteiger partial charge in [0.1, 0.15) is 11.6 Å². The van der Waals surface area contributed by atoms with Crippen molar-refractivity contribution in [3.8, 4) is 17.1 Å². The van der Waals surface area contributed by atoms with Crippen LogP contribution in [0.15, 0.2) is 23.0 Å². The van der Waals surface area contributed by atoms with Crippen LogP contribution in [0.5, 0.6) is 5.75 Å². The van der Waals surface area contributed by atoms with E-state index >= 15 is 0 Å². The summed E-state index contributed by atoms with van der Waals surface area (Å²) in [5.41, 5.74) is 1.97. The highest BCUT2D eigenvalue weighted by Crippen LogP contribution is 2.29. The van der Waals surface area contributed by atoms with Gasteiger partial charge >= 0.3 is 0 Å². The number of hydrogen-bond donors (Lipinski definition) is 2. The fourth-order valence-corrected chi connectivity index (χ4v) is 5.07. The number of rotatable bonds is 13. The number of sulfonamides is 1. The van der Waals surface area contributed by atoms with Gasteiger partial charge in [0.2, 0.25) is 10.0 Å². The number of amides is 1. The van der Waals surface area contributed by atoms with Crippen molar-refractivity contribution in [3.05, 3.63) is 45.4 Å². The van der Waals surface area contributed by atoms with Crippen LogP contribution in [0, 0.1) is 0 Å². The van der Waals surface area contributed by atoms with Crippen LogP contribution in [0.3, 0.4) is 0 Å². The third kappa shape index (κ3) is 6.66. The first-order valence-electron chi connectivity index (χ1n) is 11.9. The number of nitrogens with one attached hydrogen (secondary N) is 2. The van der Waals surface area contributed by atoms with E-state index in [0.29, 0.717) is 66.5 Å². The molecule has 0 aliphatic rings. The Labute approximate surface area is 202 Å². The topological polar surface area (TPSA) is 121 Å². The van der Waals surface area contributed by atoms with Crippen LogP contribution in [0.1, 0.15) is 62.7 Å². The lowest BCUT2D eigenvalue weighted by molar-refractivity contribution is 0.0956. The number of carbonyl (C=O) groups excluding carboxylic acids is 1. The maximum atomic E-state index is 12.8. The second kappa shape index (κ2) is 12.7. The van der Waals surface area contributed by atoms with Gasteiger partial charge in [0.15, 0.2) is 0 Å². The lowest BCUT2D eigenvalue weighted by atomic mass is 10.1. The highest BCUT2D eigenvalue weighted by Gasteiger charge is 2.20. The van der Waals surface area contributed by atoms with Crippen LogP contribution >= 0.6 is 0 Å². The molecule has 0 unspecified atom stereocenters. The molecule has 9 nitrogen and oxygen atoms in total. The highest BCUT2D eigenvalue weighted by molar-refractivity contribution is 7.89. The van der Waals surface area contributed by atoms with Crippen molar-refractivity contribution < 1.29 is 17.9 Å². The van der Waals surface area contributed by atoms with Crippen LogP contribution < -0.4 is 15.6 Å². The smallest absolute Gasteiger partial charge is 0.254 e. The molecule has 0 saturated carbocycles. The van der Waals surface area contributed by atoms with E-state index in [1.165, 1.54) is 4.31 Å². The normalized spacial score (nSPS) is 11.6. The minimum atomic E-state index is -3.44. The van der Waals surface area contributed by atoms with Crippen molar-refractivity contribution in [2.24, 2.45) is 0 Å². The monoisotopic (exact) mass is 492 g/mol. The molecule has 0 fully saturated rings. The van der Waals surface area contributed by atoms with Gasteiger partial charge < -0.3 is 15.0 Å². The van der Waals surface area contributed by atoms with Crippen LogP contribution in [0.4, 0.5) is 0 Å². The Morgan fingerprint density at radius 1 is 1.12 bits per heavy atom. The van der Waals surface area contributed by atoms with Crippen LogP contribution in [-0.4, -0.2) is 60.6 Å². The quantitative estimate of drug-likeness (QED) is 0.443. The van der Waals surface area contributed by atoms with Gasteiger partial charge in [0.25, 0.3) is 11.5 Å². The highest BCUT2D eigenvalue weighted by atomic mass is 32.2. The molecule has 0 radical (unpaired) electrons. The zero-order valence-electron chi connectivity index (χ0n) is 20.7. The van der Waals surface area contributed by atoms with E-state index in [-0.39, 0.29) is 17.9 Å². The van der Waals surface area contributed by atoms with E-state index in [2.05, 4.69) is 15.3 Å². The lowest BCUT2D eigenvalue weighted by Crippen LogP contribution is -2.37. The van der Waals surface area contributed by atoms with Crippen molar-refractivity contribution >= 4 is 15.9 Å². The summed E-state index contributed by atoms with van der Waals surface area (Å²) in [6.07, 6.45) is 1.97. The van der Waals surface area contributed by atoms with E-state index in [9.17, 15) is 18.0 Å². The second-order valence-electron chi connectivity index (χ2n) is 7.76. The first kappa shape index (κ1) is 27.5. The van der Waals surface area contributed by atoms with E-state index in [1.54, 1.807) is 32.0 Å². The van der Waals surface area contributed by atoms with E-state index in [1.807, 2.05) is 20.8 Å². The summed E-state index contributed by atoms with van der Waals surface area (Å²) in [4.78, 5) is 32.9. The van der Waals surface area contributed by atoms with Gasteiger partial charge in [-0.1, -0.05) is 34.6 Å². The minimum Gasteiger partial charge on any atom is -0.493 e. The fraction of sp³-hybridized carbons (Fsp3) is 0.542. The fourth-order valence-electron chi connectivity index (χ4n) is 3.66. The van der Waals surface area contributed by atoms with Gasteiger partial charge in [-0.25, -0.2) is 17.7 Å². The maximum Gasteiger partial charge on any atom is 0.254 e. The van der Waals surface area contributed by atoms with Crippen molar-refractivity contribution in [1.82, 2.24) is 19.6 Å². The molecule has 0 aliphatic heterocycles. The number of H-pyrrole nitrogens is 1. The van der Waals surface area contributed by atoms with Crippen molar-refractivity contribution in [2.75, 3.05) is 32.0 Å². The SMILES string of the molecule is CCCOc1ccc(C(=O)NCCS(=O)(=O)N(CC)CC)cc1-c1nc(CC)c(CC)c(=O)[nH]1. The second-order valence-corrected chi connectivity index (χ2v) is 9.85. The third-order valence-electron chi connectivity index (χ3n) is 5.49. The number of hydrogen-bond acceptors (Lipinski definition) is 6. The molecule has 0 atom stereocenters. The molecule has 2 N–H and O–H groups in total. The molecule has 10 heteroatoms. The maximum absolute atomic E-state index is 12.8. The summed E-state index contributed by atoms with van der Waals surface area (Å²) >= 11 is 0. The number of aromatic amines is 1. The summed E-state index contributed by atoms with van der Waals surface area (Å²) in [5.74, 6) is 0.250. The predicted molar refractivity (Wildman–Crippen MR) is 134 cm³/mol. The molecule has 1 amide bonds. The molecule has 0 bridgehead atoms. The molecule has 2 rings (SSSR count). The van der Waals surface area contributed by atoms with Gasteiger partial charge in [0, 0.05) is 30.8 Å². The lowest BCUT2D eigenvalue weighted by Gasteiger charge is -2.18. The van der Waals surface area contributed by atoms with Gasteiger partial charge in [-0.05, 0) is 37.5 Å². The Hall–Kier alpha value is -2.72. The molecular weight excluding hydrogens is 456 g/mol. The van der Waals surface area contributed by atoms with Gasteiger partial charge in [0.05, 0.1) is 23.6 Å². The summed E-state index contributed by atoms with van der Waals surface area (Å²) < 4.78 is 31.9. The average molecular weight is 493 g/mol. The van der Waals surface area contributed by atoms with Crippen molar-refractivity contribution in [1.29, 1.82) is 0 Å². The zero-order chi connectivity index (χ0) is 25.3.